The first kappa shape index (κ1) is 12.8. The van der Waals surface area contributed by atoms with Crippen LogP contribution in [0.3, 0.4) is 0 Å². The summed E-state index contributed by atoms with van der Waals surface area (Å²) < 4.78 is 0. The molecule has 1 rings (SSSR count). The molecule has 4 heteroatoms. The van der Waals surface area contributed by atoms with Gasteiger partial charge >= 0.3 is 0 Å². The summed E-state index contributed by atoms with van der Waals surface area (Å²) in [5.74, 6) is 0.891. The highest BCUT2D eigenvalue weighted by atomic mass is 15.1. The van der Waals surface area contributed by atoms with E-state index in [1.807, 2.05) is 19.2 Å². The minimum atomic E-state index is 0.590. The molecular formula is C12H22N4. The van der Waals surface area contributed by atoms with Crippen molar-refractivity contribution in [2.75, 3.05) is 37.8 Å². The molecule has 0 aliphatic heterocycles. The lowest BCUT2D eigenvalue weighted by atomic mass is 10.3. The van der Waals surface area contributed by atoms with Crippen molar-refractivity contribution in [3.8, 4) is 0 Å². The zero-order valence-electron chi connectivity index (χ0n) is 10.6. The summed E-state index contributed by atoms with van der Waals surface area (Å²) in [6.45, 7) is 6.38. The van der Waals surface area contributed by atoms with E-state index in [0.29, 0.717) is 6.04 Å². The van der Waals surface area contributed by atoms with E-state index in [1.54, 1.807) is 6.20 Å². The number of pyridine rings is 1. The third kappa shape index (κ3) is 4.06. The molecule has 0 saturated carbocycles. The van der Waals surface area contributed by atoms with E-state index >= 15 is 0 Å². The van der Waals surface area contributed by atoms with E-state index in [-0.39, 0.29) is 0 Å². The van der Waals surface area contributed by atoms with Crippen molar-refractivity contribution in [1.29, 1.82) is 0 Å². The standard InChI is InChI=1S/C12H22N4/c1-10(2)16(4)8-7-14-11-5-6-15-12(9-11)13-3/h5-6,9-10H,7-8H2,1-4H3,(H2,13,14,15). The highest BCUT2D eigenvalue weighted by Crippen LogP contribution is 2.10. The first-order valence-corrected chi connectivity index (χ1v) is 5.71. The molecule has 1 heterocycles. The Morgan fingerprint density at radius 1 is 1.44 bits per heavy atom. The monoisotopic (exact) mass is 222 g/mol. The number of nitrogens with zero attached hydrogens (tertiary/aromatic N) is 2. The van der Waals surface area contributed by atoms with Crippen LogP contribution in [-0.2, 0) is 0 Å². The van der Waals surface area contributed by atoms with Crippen molar-refractivity contribution >= 4 is 11.5 Å². The van der Waals surface area contributed by atoms with Crippen molar-refractivity contribution in [2.45, 2.75) is 19.9 Å². The minimum absolute atomic E-state index is 0.590. The van der Waals surface area contributed by atoms with E-state index in [2.05, 4.69) is 41.4 Å². The highest BCUT2D eigenvalue weighted by molar-refractivity contribution is 5.51. The van der Waals surface area contributed by atoms with E-state index in [9.17, 15) is 0 Å². The van der Waals surface area contributed by atoms with Gasteiger partial charge in [0.15, 0.2) is 0 Å². The summed E-state index contributed by atoms with van der Waals surface area (Å²) in [4.78, 5) is 6.48. The van der Waals surface area contributed by atoms with Gasteiger partial charge < -0.3 is 15.5 Å². The van der Waals surface area contributed by atoms with Crippen LogP contribution in [0.25, 0.3) is 0 Å². The molecule has 0 aliphatic carbocycles. The van der Waals surface area contributed by atoms with Crippen LogP contribution < -0.4 is 10.6 Å². The van der Waals surface area contributed by atoms with Crippen molar-refractivity contribution in [1.82, 2.24) is 9.88 Å². The third-order valence-electron chi connectivity index (χ3n) is 2.69. The van der Waals surface area contributed by atoms with Gasteiger partial charge in [-0.1, -0.05) is 0 Å². The molecule has 90 valence electrons. The van der Waals surface area contributed by atoms with Gasteiger partial charge in [-0.15, -0.1) is 0 Å². The van der Waals surface area contributed by atoms with Crippen LogP contribution in [-0.4, -0.2) is 43.1 Å². The number of hydrogen-bond donors (Lipinski definition) is 2. The van der Waals surface area contributed by atoms with Crippen molar-refractivity contribution in [3.05, 3.63) is 18.3 Å². The Hall–Kier alpha value is -1.29. The van der Waals surface area contributed by atoms with Gasteiger partial charge in [-0.2, -0.15) is 0 Å². The predicted octanol–water partition coefficient (Wildman–Crippen LogP) is 1.88. The summed E-state index contributed by atoms with van der Waals surface area (Å²) in [5, 5.41) is 6.41. The summed E-state index contributed by atoms with van der Waals surface area (Å²) in [5.41, 5.74) is 1.11. The molecule has 1 aromatic heterocycles. The lowest BCUT2D eigenvalue weighted by Crippen LogP contribution is -2.31. The molecule has 0 bridgehead atoms. The van der Waals surface area contributed by atoms with Gasteiger partial charge in [0.25, 0.3) is 0 Å². The van der Waals surface area contributed by atoms with Crippen LogP contribution in [0.5, 0.6) is 0 Å². The molecule has 0 spiro atoms. The number of aromatic nitrogens is 1. The van der Waals surface area contributed by atoms with Crippen LogP contribution in [0.1, 0.15) is 13.8 Å². The summed E-state index contributed by atoms with van der Waals surface area (Å²) in [6, 6.07) is 4.58. The second-order valence-electron chi connectivity index (χ2n) is 4.18. The largest absolute Gasteiger partial charge is 0.384 e. The number of nitrogens with one attached hydrogen (secondary N) is 2. The molecule has 0 atom stereocenters. The first-order chi connectivity index (χ1) is 7.63. The lowest BCUT2D eigenvalue weighted by Gasteiger charge is -2.21. The van der Waals surface area contributed by atoms with Crippen LogP contribution >= 0.6 is 0 Å². The quantitative estimate of drug-likeness (QED) is 0.771. The topological polar surface area (TPSA) is 40.2 Å². The molecule has 1 aromatic rings. The van der Waals surface area contributed by atoms with E-state index in [4.69, 9.17) is 0 Å². The van der Waals surface area contributed by atoms with E-state index < -0.39 is 0 Å². The van der Waals surface area contributed by atoms with Gasteiger partial charge in [-0.05, 0) is 27.0 Å². The van der Waals surface area contributed by atoms with E-state index in [0.717, 1.165) is 24.6 Å². The molecule has 4 nitrogen and oxygen atoms in total. The van der Waals surface area contributed by atoms with Gasteiger partial charge in [0, 0.05) is 44.1 Å². The Morgan fingerprint density at radius 3 is 2.81 bits per heavy atom. The molecule has 16 heavy (non-hydrogen) atoms. The second kappa shape index (κ2) is 6.33. The summed E-state index contributed by atoms with van der Waals surface area (Å²) in [6.07, 6.45) is 1.81. The minimum Gasteiger partial charge on any atom is -0.384 e. The molecule has 0 saturated heterocycles. The Kier molecular flexibility index (Phi) is 5.05. The van der Waals surface area contributed by atoms with Crippen LogP contribution in [0.15, 0.2) is 18.3 Å². The van der Waals surface area contributed by atoms with Crippen LogP contribution in [0.4, 0.5) is 11.5 Å². The Morgan fingerprint density at radius 2 is 2.19 bits per heavy atom. The molecule has 0 unspecified atom stereocenters. The molecule has 0 fully saturated rings. The van der Waals surface area contributed by atoms with Gasteiger partial charge in [-0.3, -0.25) is 0 Å². The normalized spacial score (nSPS) is 10.9. The van der Waals surface area contributed by atoms with Crippen LogP contribution in [0.2, 0.25) is 0 Å². The Balaban J connectivity index is 2.37. The number of anilines is 2. The van der Waals surface area contributed by atoms with Gasteiger partial charge in [0.05, 0.1) is 0 Å². The zero-order chi connectivity index (χ0) is 12.0. The molecule has 0 aromatic carbocycles. The summed E-state index contributed by atoms with van der Waals surface area (Å²) in [7, 11) is 4.01. The van der Waals surface area contributed by atoms with Gasteiger partial charge in [0.1, 0.15) is 5.82 Å². The van der Waals surface area contributed by atoms with Crippen LogP contribution in [0, 0.1) is 0 Å². The number of rotatable bonds is 6. The molecule has 0 amide bonds. The SMILES string of the molecule is CNc1cc(NCCN(C)C(C)C)ccn1. The van der Waals surface area contributed by atoms with Gasteiger partial charge in [-0.25, -0.2) is 4.98 Å². The maximum atomic E-state index is 4.17. The predicted molar refractivity (Wildman–Crippen MR) is 70.0 cm³/mol. The molecule has 2 N–H and O–H groups in total. The second-order valence-corrected chi connectivity index (χ2v) is 4.18. The fourth-order valence-corrected chi connectivity index (χ4v) is 1.31. The number of hydrogen-bond acceptors (Lipinski definition) is 4. The zero-order valence-corrected chi connectivity index (χ0v) is 10.6. The average Bonchev–Trinajstić information content (AvgIpc) is 2.29. The fraction of sp³-hybridized carbons (Fsp3) is 0.583. The number of likely N-dealkylation sites (N-methyl/N-ethyl adjacent to an activating group) is 1. The molecule has 0 aliphatic rings. The lowest BCUT2D eigenvalue weighted by molar-refractivity contribution is 0.284. The van der Waals surface area contributed by atoms with Crippen molar-refractivity contribution < 1.29 is 0 Å². The van der Waals surface area contributed by atoms with Gasteiger partial charge in [0.2, 0.25) is 0 Å². The average molecular weight is 222 g/mol. The van der Waals surface area contributed by atoms with Crippen molar-refractivity contribution in [3.63, 3.8) is 0 Å². The maximum absolute atomic E-state index is 4.17. The fourth-order valence-electron chi connectivity index (χ4n) is 1.31. The third-order valence-corrected chi connectivity index (χ3v) is 2.69. The van der Waals surface area contributed by atoms with Crippen molar-refractivity contribution in [2.24, 2.45) is 0 Å². The Bertz CT molecular complexity index is 312. The maximum Gasteiger partial charge on any atom is 0.127 e. The Labute approximate surface area is 98.1 Å². The first-order valence-electron chi connectivity index (χ1n) is 5.71. The summed E-state index contributed by atoms with van der Waals surface area (Å²) >= 11 is 0. The highest BCUT2D eigenvalue weighted by Gasteiger charge is 2.02. The molecular weight excluding hydrogens is 200 g/mol. The van der Waals surface area contributed by atoms with E-state index in [1.165, 1.54) is 0 Å². The smallest absolute Gasteiger partial charge is 0.127 e. The molecule has 0 radical (unpaired) electrons.